The Kier molecular flexibility index (Phi) is 6.87. The van der Waals surface area contributed by atoms with Crippen molar-refractivity contribution in [3.63, 3.8) is 0 Å². The number of hydrogen-bond donors (Lipinski definition) is 3. The number of amides is 2. The van der Waals surface area contributed by atoms with Crippen molar-refractivity contribution < 1.29 is 26.8 Å². The summed E-state index contributed by atoms with van der Waals surface area (Å²) < 4.78 is 50.1. The maximum absolute atomic E-state index is 12.4. The fraction of sp³-hybridized carbons (Fsp3) is 0.105. The number of nitrogens with zero attached hydrogens (tertiary/aromatic N) is 2. The van der Waals surface area contributed by atoms with Crippen molar-refractivity contribution in [2.45, 2.75) is 17.7 Å². The molecule has 9 nitrogen and oxygen atoms in total. The standard InChI is InChI=1S/C19H16ClF2N5O4S/c20-14-4-2-1-3-11(14)7-17(28)25-12-5-6-15(16(8-12)32(23,30)31)27-10-13(9-24-27)26-19(29)18(21)22/h1-6,8-10,18H,7H2,(H,25,28)(H,26,29)(H2,23,30,31). The zero-order chi connectivity index (χ0) is 23.5. The minimum absolute atomic E-state index is 0.0193. The SMILES string of the molecule is NS(=O)(=O)c1cc(NC(=O)Cc2ccccc2Cl)ccc1-n1cc(NC(=O)C(F)F)cn1. The van der Waals surface area contributed by atoms with Gasteiger partial charge in [-0.2, -0.15) is 13.9 Å². The third-order valence-electron chi connectivity index (χ3n) is 4.15. The van der Waals surface area contributed by atoms with Crippen LogP contribution < -0.4 is 15.8 Å². The molecule has 0 unspecified atom stereocenters. The van der Waals surface area contributed by atoms with E-state index in [0.29, 0.717) is 10.6 Å². The van der Waals surface area contributed by atoms with E-state index in [0.717, 1.165) is 23.1 Å². The van der Waals surface area contributed by atoms with Gasteiger partial charge in [-0.05, 0) is 29.8 Å². The first kappa shape index (κ1) is 23.3. The molecule has 32 heavy (non-hydrogen) atoms. The van der Waals surface area contributed by atoms with Gasteiger partial charge < -0.3 is 10.6 Å². The third-order valence-corrected chi connectivity index (χ3v) is 5.46. The van der Waals surface area contributed by atoms with Gasteiger partial charge in [0.1, 0.15) is 4.90 Å². The molecule has 0 atom stereocenters. The lowest BCUT2D eigenvalue weighted by atomic mass is 10.1. The van der Waals surface area contributed by atoms with Crippen LogP contribution in [-0.4, -0.2) is 36.4 Å². The van der Waals surface area contributed by atoms with Crippen LogP contribution >= 0.6 is 11.6 Å². The Morgan fingerprint density at radius 2 is 1.84 bits per heavy atom. The number of primary sulfonamides is 1. The van der Waals surface area contributed by atoms with Crippen LogP contribution in [0, 0.1) is 0 Å². The second kappa shape index (κ2) is 9.42. The topological polar surface area (TPSA) is 136 Å². The Bertz CT molecular complexity index is 1280. The molecule has 0 bridgehead atoms. The number of carbonyl (C=O) groups is 2. The summed E-state index contributed by atoms with van der Waals surface area (Å²) in [5, 5.41) is 14.1. The summed E-state index contributed by atoms with van der Waals surface area (Å²) in [6.45, 7) is 0. The van der Waals surface area contributed by atoms with E-state index in [2.05, 4.69) is 10.4 Å². The van der Waals surface area contributed by atoms with Crippen molar-refractivity contribution in [2.75, 3.05) is 10.6 Å². The maximum Gasteiger partial charge on any atom is 0.315 e. The molecule has 0 aliphatic carbocycles. The molecule has 0 spiro atoms. The van der Waals surface area contributed by atoms with E-state index in [1.807, 2.05) is 5.32 Å². The number of halogens is 3. The van der Waals surface area contributed by atoms with Crippen molar-refractivity contribution in [2.24, 2.45) is 5.14 Å². The average molecular weight is 484 g/mol. The van der Waals surface area contributed by atoms with Crippen LogP contribution in [0.3, 0.4) is 0 Å². The average Bonchev–Trinajstić information content (AvgIpc) is 3.17. The second-order valence-electron chi connectivity index (χ2n) is 6.51. The number of aromatic nitrogens is 2. The Morgan fingerprint density at radius 3 is 2.50 bits per heavy atom. The summed E-state index contributed by atoms with van der Waals surface area (Å²) in [4.78, 5) is 23.1. The van der Waals surface area contributed by atoms with Gasteiger partial charge in [0.2, 0.25) is 15.9 Å². The largest absolute Gasteiger partial charge is 0.326 e. The normalized spacial score (nSPS) is 11.4. The van der Waals surface area contributed by atoms with Crippen LogP contribution in [-0.2, 0) is 26.0 Å². The Balaban J connectivity index is 1.86. The summed E-state index contributed by atoms with van der Waals surface area (Å²) in [5.74, 6) is -1.98. The Morgan fingerprint density at radius 1 is 1.12 bits per heavy atom. The molecule has 1 heterocycles. The first-order valence-corrected chi connectivity index (χ1v) is 10.8. The first-order valence-electron chi connectivity index (χ1n) is 8.89. The number of nitrogens with one attached hydrogen (secondary N) is 2. The van der Waals surface area contributed by atoms with E-state index in [-0.39, 0.29) is 28.4 Å². The second-order valence-corrected chi connectivity index (χ2v) is 8.44. The minimum atomic E-state index is -4.27. The number of carbonyl (C=O) groups excluding carboxylic acids is 2. The van der Waals surface area contributed by atoms with Gasteiger partial charge in [0, 0.05) is 10.7 Å². The fourth-order valence-corrected chi connectivity index (χ4v) is 3.69. The third kappa shape index (κ3) is 5.66. The lowest BCUT2D eigenvalue weighted by Gasteiger charge is -2.12. The van der Waals surface area contributed by atoms with Gasteiger partial charge in [-0.1, -0.05) is 29.8 Å². The number of hydrogen-bond acceptors (Lipinski definition) is 5. The summed E-state index contributed by atoms with van der Waals surface area (Å²) in [6.07, 6.45) is -1.07. The molecule has 2 aromatic carbocycles. The van der Waals surface area contributed by atoms with Crippen LogP contribution in [0.1, 0.15) is 5.56 Å². The molecule has 3 aromatic rings. The van der Waals surface area contributed by atoms with Gasteiger partial charge in [-0.25, -0.2) is 18.2 Å². The van der Waals surface area contributed by atoms with Crippen molar-refractivity contribution in [1.82, 2.24) is 9.78 Å². The van der Waals surface area contributed by atoms with E-state index in [9.17, 15) is 26.8 Å². The van der Waals surface area contributed by atoms with Crippen molar-refractivity contribution in [1.29, 1.82) is 0 Å². The monoisotopic (exact) mass is 483 g/mol. The molecule has 4 N–H and O–H groups in total. The van der Waals surface area contributed by atoms with Crippen LogP contribution in [0.15, 0.2) is 59.8 Å². The predicted octanol–water partition coefficient (Wildman–Crippen LogP) is 2.56. The van der Waals surface area contributed by atoms with Crippen LogP contribution in [0.25, 0.3) is 5.69 Å². The molecule has 2 amide bonds. The van der Waals surface area contributed by atoms with Gasteiger partial charge in [-0.3, -0.25) is 9.59 Å². The van der Waals surface area contributed by atoms with Gasteiger partial charge >= 0.3 is 6.43 Å². The summed E-state index contributed by atoms with van der Waals surface area (Å²) in [6, 6.07) is 10.6. The molecule has 1 aromatic heterocycles. The zero-order valence-corrected chi connectivity index (χ0v) is 17.7. The summed E-state index contributed by atoms with van der Waals surface area (Å²) >= 11 is 6.04. The van der Waals surface area contributed by atoms with Crippen LogP contribution in [0.2, 0.25) is 5.02 Å². The molecule has 0 fully saturated rings. The summed E-state index contributed by atoms with van der Waals surface area (Å²) in [7, 11) is -4.27. The number of alkyl halides is 2. The molecule has 0 radical (unpaired) electrons. The molecule has 3 rings (SSSR count). The van der Waals surface area contributed by atoms with Crippen molar-refractivity contribution in [3.8, 4) is 5.69 Å². The highest BCUT2D eigenvalue weighted by atomic mass is 35.5. The highest BCUT2D eigenvalue weighted by molar-refractivity contribution is 7.89. The first-order chi connectivity index (χ1) is 15.0. The number of nitrogens with two attached hydrogens (primary N) is 1. The summed E-state index contributed by atoms with van der Waals surface area (Å²) in [5.41, 5.74) is 0.639. The maximum atomic E-state index is 12.4. The molecular weight excluding hydrogens is 468 g/mol. The lowest BCUT2D eigenvalue weighted by Crippen LogP contribution is -2.19. The van der Waals surface area contributed by atoms with Gasteiger partial charge in [-0.15, -0.1) is 0 Å². The smallest absolute Gasteiger partial charge is 0.315 e. The fourth-order valence-electron chi connectivity index (χ4n) is 2.74. The van der Waals surface area contributed by atoms with E-state index in [1.165, 1.54) is 12.1 Å². The minimum Gasteiger partial charge on any atom is -0.326 e. The molecule has 0 aliphatic rings. The molecule has 168 valence electrons. The molecular formula is C19H16ClF2N5O4S. The highest BCUT2D eigenvalue weighted by Crippen LogP contribution is 2.25. The van der Waals surface area contributed by atoms with Gasteiger partial charge in [0.05, 0.1) is 30.2 Å². The number of anilines is 2. The van der Waals surface area contributed by atoms with Crippen LogP contribution in [0.4, 0.5) is 20.2 Å². The zero-order valence-electron chi connectivity index (χ0n) is 16.1. The van der Waals surface area contributed by atoms with E-state index in [4.69, 9.17) is 16.7 Å². The van der Waals surface area contributed by atoms with E-state index < -0.39 is 28.3 Å². The molecule has 0 saturated heterocycles. The molecule has 0 saturated carbocycles. The Hall–Kier alpha value is -3.35. The highest BCUT2D eigenvalue weighted by Gasteiger charge is 2.20. The number of rotatable bonds is 7. The van der Waals surface area contributed by atoms with E-state index in [1.54, 1.807) is 24.3 Å². The van der Waals surface area contributed by atoms with Gasteiger partial charge in [0.15, 0.2) is 0 Å². The quantitative estimate of drug-likeness (QED) is 0.474. The van der Waals surface area contributed by atoms with Crippen molar-refractivity contribution >= 4 is 44.8 Å². The van der Waals surface area contributed by atoms with E-state index >= 15 is 0 Å². The van der Waals surface area contributed by atoms with Crippen LogP contribution in [0.5, 0.6) is 0 Å². The number of sulfonamides is 1. The molecule has 13 heteroatoms. The lowest BCUT2D eigenvalue weighted by molar-refractivity contribution is -0.126. The predicted molar refractivity (Wildman–Crippen MR) is 113 cm³/mol. The number of benzene rings is 2. The Labute approximate surface area is 186 Å². The van der Waals surface area contributed by atoms with Gasteiger partial charge in [0.25, 0.3) is 5.91 Å². The van der Waals surface area contributed by atoms with Crippen molar-refractivity contribution in [3.05, 3.63) is 65.4 Å². The molecule has 0 aliphatic heterocycles.